The molecule has 4 heteroatoms. The second kappa shape index (κ2) is 7.20. The van der Waals surface area contributed by atoms with Gasteiger partial charge in [-0.1, -0.05) is 48.8 Å². The van der Waals surface area contributed by atoms with Gasteiger partial charge in [-0.3, -0.25) is 0 Å². The molecule has 1 heterocycles. The molecule has 0 fully saturated rings. The highest BCUT2D eigenvalue weighted by molar-refractivity contribution is 5.24. The van der Waals surface area contributed by atoms with Gasteiger partial charge in [-0.15, -0.1) is 0 Å². The summed E-state index contributed by atoms with van der Waals surface area (Å²) in [6, 6.07) is 8.92. The minimum Gasteiger partial charge on any atom is -0.339 e. The first-order chi connectivity index (χ1) is 9.63. The van der Waals surface area contributed by atoms with Crippen molar-refractivity contribution in [1.29, 1.82) is 0 Å². The maximum absolute atomic E-state index is 5.29. The van der Waals surface area contributed by atoms with E-state index in [-0.39, 0.29) is 0 Å². The molecule has 0 bridgehead atoms. The van der Waals surface area contributed by atoms with Crippen molar-refractivity contribution in [1.82, 2.24) is 15.5 Å². The Bertz CT molecular complexity index is 534. The van der Waals surface area contributed by atoms with Gasteiger partial charge < -0.3 is 9.84 Å². The van der Waals surface area contributed by atoms with Crippen molar-refractivity contribution in [2.75, 3.05) is 6.54 Å². The molecule has 4 nitrogen and oxygen atoms in total. The molecule has 0 aliphatic rings. The highest BCUT2D eigenvalue weighted by atomic mass is 16.5. The van der Waals surface area contributed by atoms with Crippen molar-refractivity contribution >= 4 is 0 Å². The average molecular weight is 273 g/mol. The molecule has 0 spiro atoms. The van der Waals surface area contributed by atoms with Gasteiger partial charge in [0.05, 0.1) is 0 Å². The Balaban J connectivity index is 1.83. The fraction of sp³-hybridized carbons (Fsp3) is 0.500. The summed E-state index contributed by atoms with van der Waals surface area (Å²) in [6.07, 6.45) is 2.58. The lowest BCUT2D eigenvalue weighted by molar-refractivity contribution is 0.369. The van der Waals surface area contributed by atoms with Crippen molar-refractivity contribution in [2.45, 2.75) is 46.1 Å². The van der Waals surface area contributed by atoms with Crippen LogP contribution in [0.3, 0.4) is 0 Å². The van der Waals surface area contributed by atoms with Crippen LogP contribution in [0.4, 0.5) is 0 Å². The van der Waals surface area contributed by atoms with Crippen molar-refractivity contribution in [2.24, 2.45) is 0 Å². The van der Waals surface area contributed by atoms with E-state index in [0.29, 0.717) is 6.04 Å². The van der Waals surface area contributed by atoms with Gasteiger partial charge in [0.15, 0.2) is 5.82 Å². The van der Waals surface area contributed by atoms with Gasteiger partial charge in [0, 0.05) is 18.9 Å². The minimum absolute atomic E-state index is 0.523. The van der Waals surface area contributed by atoms with Crippen LogP contribution in [0.5, 0.6) is 0 Å². The molecule has 2 aromatic rings. The number of benzene rings is 1. The number of rotatable bonds is 7. The highest BCUT2D eigenvalue weighted by Crippen LogP contribution is 2.09. The molecule has 1 aromatic heterocycles. The molecule has 0 atom stereocenters. The third kappa shape index (κ3) is 4.78. The molecule has 108 valence electrons. The van der Waals surface area contributed by atoms with Crippen LogP contribution in [0.1, 0.15) is 43.1 Å². The maximum Gasteiger partial charge on any atom is 0.226 e. The van der Waals surface area contributed by atoms with Crippen LogP contribution in [0.15, 0.2) is 28.8 Å². The zero-order valence-electron chi connectivity index (χ0n) is 12.5. The number of nitrogens with one attached hydrogen (secondary N) is 1. The fourth-order valence-electron chi connectivity index (χ4n) is 2.10. The summed E-state index contributed by atoms with van der Waals surface area (Å²) in [4.78, 5) is 4.45. The summed E-state index contributed by atoms with van der Waals surface area (Å²) in [5.74, 6) is 1.50. The summed E-state index contributed by atoms with van der Waals surface area (Å²) >= 11 is 0. The van der Waals surface area contributed by atoms with E-state index >= 15 is 0 Å². The quantitative estimate of drug-likeness (QED) is 0.788. The molecule has 20 heavy (non-hydrogen) atoms. The summed E-state index contributed by atoms with van der Waals surface area (Å²) < 4.78 is 5.29. The van der Waals surface area contributed by atoms with Crippen LogP contribution in [-0.4, -0.2) is 22.7 Å². The smallest absolute Gasteiger partial charge is 0.226 e. The van der Waals surface area contributed by atoms with Crippen molar-refractivity contribution in [3.63, 3.8) is 0 Å². The molecule has 0 amide bonds. The van der Waals surface area contributed by atoms with Crippen molar-refractivity contribution < 1.29 is 4.52 Å². The largest absolute Gasteiger partial charge is 0.339 e. The van der Waals surface area contributed by atoms with Crippen LogP contribution in [0.25, 0.3) is 0 Å². The fourth-order valence-corrected chi connectivity index (χ4v) is 2.10. The minimum atomic E-state index is 0.523. The molecule has 0 saturated carbocycles. The molecule has 2 rings (SSSR count). The third-order valence-corrected chi connectivity index (χ3v) is 3.07. The third-order valence-electron chi connectivity index (χ3n) is 3.07. The van der Waals surface area contributed by atoms with Gasteiger partial charge in [-0.2, -0.15) is 4.98 Å². The van der Waals surface area contributed by atoms with Crippen LogP contribution in [0.2, 0.25) is 0 Å². The second-order valence-electron chi connectivity index (χ2n) is 5.48. The first-order valence-electron chi connectivity index (χ1n) is 7.24. The Hall–Kier alpha value is -1.68. The number of aryl methyl sites for hydroxylation is 2. The molecule has 0 saturated heterocycles. The lowest BCUT2D eigenvalue weighted by atomic mass is 10.1. The Kier molecular flexibility index (Phi) is 5.30. The van der Waals surface area contributed by atoms with Gasteiger partial charge in [-0.05, 0) is 25.5 Å². The van der Waals surface area contributed by atoms with E-state index in [1.165, 1.54) is 11.1 Å². The van der Waals surface area contributed by atoms with Crippen molar-refractivity contribution in [3.8, 4) is 0 Å². The monoisotopic (exact) mass is 273 g/mol. The number of aromatic nitrogens is 2. The molecule has 0 aliphatic heterocycles. The summed E-state index contributed by atoms with van der Waals surface area (Å²) in [6.45, 7) is 7.36. The lowest BCUT2D eigenvalue weighted by Gasteiger charge is -2.05. The topological polar surface area (TPSA) is 51.0 Å². The molecular weight excluding hydrogens is 250 g/mol. The zero-order valence-corrected chi connectivity index (χ0v) is 12.5. The molecule has 0 aliphatic carbocycles. The molecule has 1 aromatic carbocycles. The van der Waals surface area contributed by atoms with Crippen LogP contribution < -0.4 is 5.32 Å². The van der Waals surface area contributed by atoms with E-state index in [0.717, 1.165) is 37.5 Å². The van der Waals surface area contributed by atoms with E-state index in [2.05, 4.69) is 60.5 Å². The Morgan fingerprint density at radius 3 is 2.90 bits per heavy atom. The summed E-state index contributed by atoms with van der Waals surface area (Å²) in [7, 11) is 0. The van der Waals surface area contributed by atoms with Crippen molar-refractivity contribution in [3.05, 3.63) is 47.1 Å². The van der Waals surface area contributed by atoms with Gasteiger partial charge in [-0.25, -0.2) is 0 Å². The number of hydrogen-bond acceptors (Lipinski definition) is 4. The Morgan fingerprint density at radius 1 is 1.30 bits per heavy atom. The van der Waals surface area contributed by atoms with E-state index in [4.69, 9.17) is 4.52 Å². The predicted octanol–water partition coefficient (Wildman–Crippen LogP) is 2.90. The standard InChI is InChI=1S/C16H23N3O/c1-12(2)17-9-5-8-16-18-15(19-20-16)11-14-7-4-6-13(3)10-14/h4,6-7,10,12,17H,5,8-9,11H2,1-3H3. The molecule has 1 N–H and O–H groups in total. The lowest BCUT2D eigenvalue weighted by Crippen LogP contribution is -2.23. The molecule has 0 unspecified atom stereocenters. The first-order valence-corrected chi connectivity index (χ1v) is 7.24. The van der Waals surface area contributed by atoms with Crippen LogP contribution >= 0.6 is 0 Å². The second-order valence-corrected chi connectivity index (χ2v) is 5.48. The van der Waals surface area contributed by atoms with E-state index in [1.54, 1.807) is 0 Å². The average Bonchev–Trinajstić information content (AvgIpc) is 2.82. The zero-order chi connectivity index (χ0) is 14.4. The molecular formula is C16H23N3O. The highest BCUT2D eigenvalue weighted by Gasteiger charge is 2.07. The van der Waals surface area contributed by atoms with E-state index in [9.17, 15) is 0 Å². The summed E-state index contributed by atoms with van der Waals surface area (Å²) in [5.41, 5.74) is 2.48. The maximum atomic E-state index is 5.29. The summed E-state index contributed by atoms with van der Waals surface area (Å²) in [5, 5.41) is 7.43. The van der Waals surface area contributed by atoms with E-state index < -0.39 is 0 Å². The van der Waals surface area contributed by atoms with Crippen LogP contribution in [-0.2, 0) is 12.8 Å². The SMILES string of the molecule is Cc1cccc(Cc2noc(CCCNC(C)C)n2)c1. The normalized spacial score (nSPS) is 11.2. The van der Waals surface area contributed by atoms with Gasteiger partial charge >= 0.3 is 0 Å². The van der Waals surface area contributed by atoms with Gasteiger partial charge in [0.1, 0.15) is 0 Å². The Morgan fingerprint density at radius 2 is 2.15 bits per heavy atom. The first kappa shape index (κ1) is 14.7. The predicted molar refractivity (Wildman–Crippen MR) is 79.7 cm³/mol. The Labute approximate surface area is 120 Å². The van der Waals surface area contributed by atoms with E-state index in [1.807, 2.05) is 0 Å². The number of nitrogens with zero attached hydrogens (tertiary/aromatic N) is 2. The van der Waals surface area contributed by atoms with Crippen LogP contribution in [0, 0.1) is 6.92 Å². The van der Waals surface area contributed by atoms with Gasteiger partial charge in [0.2, 0.25) is 5.89 Å². The van der Waals surface area contributed by atoms with Gasteiger partial charge in [0.25, 0.3) is 0 Å². The number of hydrogen-bond donors (Lipinski definition) is 1. The molecule has 0 radical (unpaired) electrons.